The molecule has 2 heterocycles. The van der Waals surface area contributed by atoms with Crippen LogP contribution in [0.1, 0.15) is 25.2 Å². The number of carbonyl (C=O) groups excluding carboxylic acids is 1. The SMILES string of the molecule is CCN1CCN(CC(C)=O)Cc2cccc(n2)CN(CC(=O)O)CC1.O=CO. The molecule has 1 aromatic rings. The summed E-state index contributed by atoms with van der Waals surface area (Å²) in [5.41, 5.74) is 1.78. The summed E-state index contributed by atoms with van der Waals surface area (Å²) in [6.45, 7) is 9.08. The highest BCUT2D eigenvalue weighted by atomic mass is 16.4. The average Bonchev–Trinajstić information content (AvgIpc) is 2.60. The van der Waals surface area contributed by atoms with Crippen molar-refractivity contribution in [1.82, 2.24) is 19.7 Å². The number of hydrogen-bond acceptors (Lipinski definition) is 7. The van der Waals surface area contributed by atoms with E-state index < -0.39 is 5.97 Å². The third kappa shape index (κ3) is 9.54. The Hall–Kier alpha value is -2.36. The van der Waals surface area contributed by atoms with Gasteiger partial charge in [0, 0.05) is 39.3 Å². The molecule has 0 atom stereocenters. The largest absolute Gasteiger partial charge is 0.483 e. The zero-order chi connectivity index (χ0) is 20.9. The number of carbonyl (C=O) groups is 3. The van der Waals surface area contributed by atoms with Crippen molar-refractivity contribution in [3.05, 3.63) is 29.6 Å². The van der Waals surface area contributed by atoms with Crippen molar-refractivity contribution >= 4 is 18.2 Å². The van der Waals surface area contributed by atoms with Crippen LogP contribution in [0.5, 0.6) is 0 Å². The van der Waals surface area contributed by atoms with Crippen LogP contribution in [0, 0.1) is 0 Å². The number of rotatable bonds is 5. The van der Waals surface area contributed by atoms with E-state index in [0.717, 1.165) is 37.6 Å². The minimum Gasteiger partial charge on any atom is -0.483 e. The van der Waals surface area contributed by atoms with Crippen LogP contribution in [-0.2, 0) is 27.5 Å². The van der Waals surface area contributed by atoms with E-state index >= 15 is 0 Å². The van der Waals surface area contributed by atoms with Crippen LogP contribution in [0.4, 0.5) is 0 Å². The number of fused-ring (bicyclic) bond motifs is 2. The second kappa shape index (κ2) is 12.9. The topological polar surface area (TPSA) is 114 Å². The molecule has 0 spiro atoms. The predicted octanol–water partition coefficient (Wildman–Crippen LogP) is 0.396. The van der Waals surface area contributed by atoms with Crippen LogP contribution in [0.25, 0.3) is 0 Å². The number of Topliss-reactive ketones (excluding diaryl/α,β-unsaturated/α-hetero) is 1. The molecule has 1 aromatic heterocycles. The number of pyridine rings is 1. The van der Waals surface area contributed by atoms with E-state index in [0.29, 0.717) is 26.2 Å². The Labute approximate surface area is 165 Å². The molecular formula is C19H30N4O5. The van der Waals surface area contributed by atoms with Gasteiger partial charge in [0.05, 0.1) is 24.5 Å². The van der Waals surface area contributed by atoms with E-state index in [1.807, 2.05) is 23.1 Å². The molecule has 28 heavy (non-hydrogen) atoms. The molecule has 0 fully saturated rings. The first-order valence-electron chi connectivity index (χ1n) is 9.28. The van der Waals surface area contributed by atoms with Gasteiger partial charge >= 0.3 is 5.97 Å². The zero-order valence-electron chi connectivity index (χ0n) is 16.6. The normalized spacial score (nSPS) is 16.8. The summed E-state index contributed by atoms with van der Waals surface area (Å²) < 4.78 is 0. The van der Waals surface area contributed by atoms with Crippen molar-refractivity contribution in [2.24, 2.45) is 0 Å². The Morgan fingerprint density at radius 1 is 1.04 bits per heavy atom. The first kappa shape index (κ1) is 23.7. The number of hydrogen-bond donors (Lipinski definition) is 2. The Bertz CT molecular complexity index is 595. The number of carboxylic acid groups (broad SMARTS) is 2. The van der Waals surface area contributed by atoms with Crippen molar-refractivity contribution < 1.29 is 24.6 Å². The molecular weight excluding hydrogens is 364 g/mol. The van der Waals surface area contributed by atoms with E-state index in [9.17, 15) is 9.59 Å². The third-order valence-electron chi connectivity index (χ3n) is 4.35. The summed E-state index contributed by atoms with van der Waals surface area (Å²) in [4.78, 5) is 42.1. The molecule has 9 heteroatoms. The van der Waals surface area contributed by atoms with Crippen LogP contribution in [0.3, 0.4) is 0 Å². The molecule has 156 valence electrons. The molecule has 2 N–H and O–H groups in total. The standard InChI is InChI=1S/C18H28N4O3.CH2O2/c1-3-20-7-9-21(11-15(2)23)12-16-5-4-6-17(19-16)13-22(10-8-20)14-18(24)25;2-1-3/h4-6H,3,7-14H2,1-2H3,(H,24,25);1H,(H,2,3). The molecule has 9 nitrogen and oxygen atoms in total. The van der Waals surface area contributed by atoms with E-state index in [2.05, 4.69) is 21.7 Å². The summed E-state index contributed by atoms with van der Waals surface area (Å²) in [5, 5.41) is 16.0. The van der Waals surface area contributed by atoms with Gasteiger partial charge in [-0.1, -0.05) is 13.0 Å². The van der Waals surface area contributed by atoms with Gasteiger partial charge in [0.2, 0.25) is 0 Å². The van der Waals surface area contributed by atoms with Crippen LogP contribution >= 0.6 is 0 Å². The second-order valence-electron chi connectivity index (χ2n) is 6.68. The Balaban J connectivity index is 0.00000122. The highest BCUT2D eigenvalue weighted by molar-refractivity contribution is 5.77. The highest BCUT2D eigenvalue weighted by Crippen LogP contribution is 2.09. The van der Waals surface area contributed by atoms with E-state index in [1.54, 1.807) is 6.92 Å². The van der Waals surface area contributed by atoms with Gasteiger partial charge in [-0.15, -0.1) is 0 Å². The minimum atomic E-state index is -0.820. The smallest absolute Gasteiger partial charge is 0.317 e. The summed E-state index contributed by atoms with van der Waals surface area (Å²) in [7, 11) is 0. The number of ketones is 1. The predicted molar refractivity (Wildman–Crippen MR) is 104 cm³/mol. The van der Waals surface area contributed by atoms with Crippen molar-refractivity contribution in [3.8, 4) is 0 Å². The summed E-state index contributed by atoms with van der Waals surface area (Å²) >= 11 is 0. The monoisotopic (exact) mass is 394 g/mol. The maximum atomic E-state index is 11.6. The lowest BCUT2D eigenvalue weighted by Gasteiger charge is -2.29. The minimum absolute atomic E-state index is 0.0138. The fourth-order valence-electron chi connectivity index (χ4n) is 3.09. The highest BCUT2D eigenvalue weighted by Gasteiger charge is 2.17. The molecule has 0 unspecified atom stereocenters. The van der Waals surface area contributed by atoms with Gasteiger partial charge in [-0.2, -0.15) is 0 Å². The molecule has 2 bridgehead atoms. The second-order valence-corrected chi connectivity index (χ2v) is 6.68. The molecule has 0 saturated carbocycles. The zero-order valence-corrected chi connectivity index (χ0v) is 16.6. The maximum Gasteiger partial charge on any atom is 0.317 e. The number of aromatic nitrogens is 1. The molecule has 0 radical (unpaired) electrons. The molecule has 1 aliphatic rings. The van der Waals surface area contributed by atoms with Gasteiger partial charge in [-0.05, 0) is 25.6 Å². The lowest BCUT2D eigenvalue weighted by molar-refractivity contribution is -0.138. The average molecular weight is 394 g/mol. The lowest BCUT2D eigenvalue weighted by Crippen LogP contribution is -2.42. The van der Waals surface area contributed by atoms with Crippen LogP contribution in [0.15, 0.2) is 18.2 Å². The van der Waals surface area contributed by atoms with Gasteiger partial charge < -0.3 is 15.1 Å². The van der Waals surface area contributed by atoms with Crippen molar-refractivity contribution in [2.75, 3.05) is 45.8 Å². The Morgan fingerprint density at radius 2 is 1.50 bits per heavy atom. The molecule has 0 saturated heterocycles. The van der Waals surface area contributed by atoms with Gasteiger partial charge in [0.25, 0.3) is 6.47 Å². The number of carboxylic acids is 1. The number of nitrogens with zero attached hydrogens (tertiary/aromatic N) is 4. The van der Waals surface area contributed by atoms with E-state index in [-0.39, 0.29) is 18.8 Å². The van der Waals surface area contributed by atoms with Gasteiger partial charge in [0.15, 0.2) is 0 Å². The van der Waals surface area contributed by atoms with E-state index in [1.165, 1.54) is 0 Å². The summed E-state index contributed by atoms with van der Waals surface area (Å²) in [5.74, 6) is -0.669. The molecule has 1 aliphatic heterocycles. The number of likely N-dealkylation sites (N-methyl/N-ethyl adjacent to an activating group) is 1. The fourth-order valence-corrected chi connectivity index (χ4v) is 3.09. The molecule has 0 amide bonds. The fraction of sp³-hybridized carbons (Fsp3) is 0.579. The van der Waals surface area contributed by atoms with Crippen LogP contribution in [-0.4, -0.2) is 93.9 Å². The Morgan fingerprint density at radius 3 is 1.93 bits per heavy atom. The quantitative estimate of drug-likeness (QED) is 0.685. The van der Waals surface area contributed by atoms with Gasteiger partial charge in [-0.25, -0.2) is 0 Å². The molecule has 0 aromatic carbocycles. The van der Waals surface area contributed by atoms with Crippen molar-refractivity contribution in [1.29, 1.82) is 0 Å². The van der Waals surface area contributed by atoms with Crippen molar-refractivity contribution in [3.63, 3.8) is 0 Å². The lowest BCUT2D eigenvalue weighted by atomic mass is 10.2. The molecule has 2 rings (SSSR count). The third-order valence-corrected chi connectivity index (χ3v) is 4.35. The Kier molecular flexibility index (Phi) is 10.9. The van der Waals surface area contributed by atoms with Crippen LogP contribution < -0.4 is 0 Å². The van der Waals surface area contributed by atoms with Gasteiger partial charge in [-0.3, -0.25) is 29.2 Å². The first-order chi connectivity index (χ1) is 13.4. The maximum absolute atomic E-state index is 11.6. The number of aliphatic carboxylic acids is 1. The molecule has 0 aliphatic carbocycles. The first-order valence-corrected chi connectivity index (χ1v) is 9.28. The van der Waals surface area contributed by atoms with Crippen LogP contribution in [0.2, 0.25) is 0 Å². The van der Waals surface area contributed by atoms with Gasteiger partial charge in [0.1, 0.15) is 5.78 Å². The summed E-state index contributed by atoms with van der Waals surface area (Å²) in [6.07, 6.45) is 0. The van der Waals surface area contributed by atoms with E-state index in [4.69, 9.17) is 15.0 Å². The summed E-state index contributed by atoms with van der Waals surface area (Å²) in [6, 6.07) is 5.84. The van der Waals surface area contributed by atoms with Crippen molar-refractivity contribution in [2.45, 2.75) is 26.9 Å².